The van der Waals surface area contributed by atoms with Crippen molar-refractivity contribution < 1.29 is 18.4 Å². The number of hydrogen-bond acceptors (Lipinski definition) is 3. The molecule has 8 heteroatoms. The Balaban J connectivity index is 1.44. The molecule has 1 aromatic heterocycles. The van der Waals surface area contributed by atoms with Crippen molar-refractivity contribution in [2.24, 2.45) is 0 Å². The number of carbonyl (C=O) groups excluding carboxylic acids is 2. The highest BCUT2D eigenvalue weighted by Crippen LogP contribution is 2.18. The molecule has 148 valence electrons. The minimum atomic E-state index is -0.893. The van der Waals surface area contributed by atoms with Crippen LogP contribution in [0.1, 0.15) is 32.1 Å². The number of fused-ring (bicyclic) bond motifs is 1. The van der Waals surface area contributed by atoms with Crippen molar-refractivity contribution in [2.75, 3.05) is 6.54 Å². The number of nitrogens with zero attached hydrogens (tertiary/aromatic N) is 3. The van der Waals surface area contributed by atoms with Gasteiger partial charge < -0.3 is 10.2 Å². The molecular formula is C21H18F2N4O2. The van der Waals surface area contributed by atoms with Crippen molar-refractivity contribution in [3.8, 4) is 0 Å². The third kappa shape index (κ3) is 4.01. The van der Waals surface area contributed by atoms with Gasteiger partial charge in [-0.15, -0.1) is 0 Å². The number of carbonyl (C=O) groups is 2. The molecule has 4 rings (SSSR count). The highest BCUT2D eigenvalue weighted by Gasteiger charge is 2.26. The summed E-state index contributed by atoms with van der Waals surface area (Å²) in [4.78, 5) is 26.5. The zero-order valence-electron chi connectivity index (χ0n) is 15.4. The molecule has 1 aliphatic heterocycles. The van der Waals surface area contributed by atoms with E-state index in [0.29, 0.717) is 31.4 Å². The normalized spacial score (nSPS) is 13.1. The Hall–Kier alpha value is -3.55. The number of halogens is 2. The average Bonchev–Trinajstić information content (AvgIpc) is 3.16. The summed E-state index contributed by atoms with van der Waals surface area (Å²) in [6.45, 7) is 1.27. The van der Waals surface area contributed by atoms with E-state index in [1.807, 2.05) is 30.3 Å². The molecule has 0 radical (unpaired) electrons. The van der Waals surface area contributed by atoms with Crippen molar-refractivity contribution in [3.63, 3.8) is 0 Å². The van der Waals surface area contributed by atoms with Crippen LogP contribution in [0.3, 0.4) is 0 Å². The predicted molar refractivity (Wildman–Crippen MR) is 101 cm³/mol. The van der Waals surface area contributed by atoms with E-state index in [1.54, 1.807) is 10.7 Å². The van der Waals surface area contributed by atoms with Gasteiger partial charge in [0.2, 0.25) is 0 Å². The molecule has 0 saturated heterocycles. The lowest BCUT2D eigenvalue weighted by Crippen LogP contribution is -2.38. The van der Waals surface area contributed by atoms with Crippen molar-refractivity contribution in [1.82, 2.24) is 20.0 Å². The highest BCUT2D eigenvalue weighted by atomic mass is 19.1. The average molecular weight is 396 g/mol. The summed E-state index contributed by atoms with van der Waals surface area (Å²) in [7, 11) is 0. The summed E-state index contributed by atoms with van der Waals surface area (Å²) in [5.74, 6) is -2.46. The van der Waals surface area contributed by atoms with Gasteiger partial charge in [0.05, 0.1) is 24.3 Å². The van der Waals surface area contributed by atoms with Crippen LogP contribution in [-0.2, 0) is 19.6 Å². The summed E-state index contributed by atoms with van der Waals surface area (Å²) < 4.78 is 28.7. The van der Waals surface area contributed by atoms with Crippen LogP contribution in [0.5, 0.6) is 0 Å². The number of amides is 2. The number of benzene rings is 2. The Kier molecular flexibility index (Phi) is 5.07. The van der Waals surface area contributed by atoms with Gasteiger partial charge in [0.25, 0.3) is 11.8 Å². The van der Waals surface area contributed by atoms with E-state index in [0.717, 1.165) is 17.7 Å². The Labute approximate surface area is 165 Å². The second kappa shape index (κ2) is 7.83. The first kappa shape index (κ1) is 18.8. The Morgan fingerprint density at radius 3 is 2.59 bits per heavy atom. The molecule has 3 aromatic rings. The lowest BCUT2D eigenvalue weighted by atomic mass is 10.1. The second-order valence-corrected chi connectivity index (χ2v) is 6.76. The lowest BCUT2D eigenvalue weighted by molar-refractivity contribution is 0.0700. The van der Waals surface area contributed by atoms with E-state index in [2.05, 4.69) is 10.4 Å². The maximum absolute atomic E-state index is 13.9. The SMILES string of the molecule is O=C(NCc1ccccc1)c1cc2n(n1)CCN(C(=O)c1ccc(F)cc1F)C2. The molecule has 0 aliphatic carbocycles. The van der Waals surface area contributed by atoms with Crippen molar-refractivity contribution >= 4 is 11.8 Å². The molecule has 2 amide bonds. The van der Waals surface area contributed by atoms with Crippen LogP contribution in [0.2, 0.25) is 0 Å². The molecule has 6 nitrogen and oxygen atoms in total. The van der Waals surface area contributed by atoms with Crippen molar-refractivity contribution in [3.05, 3.63) is 88.7 Å². The summed E-state index contributed by atoms with van der Waals surface area (Å²) in [5.41, 5.74) is 1.73. The van der Waals surface area contributed by atoms with Gasteiger partial charge in [-0.1, -0.05) is 30.3 Å². The number of aromatic nitrogens is 2. The van der Waals surface area contributed by atoms with E-state index in [-0.39, 0.29) is 23.7 Å². The largest absolute Gasteiger partial charge is 0.347 e. The number of rotatable bonds is 4. The first-order valence-electron chi connectivity index (χ1n) is 9.14. The first-order chi connectivity index (χ1) is 14.0. The van der Waals surface area contributed by atoms with Gasteiger partial charge >= 0.3 is 0 Å². The Bertz CT molecular complexity index is 1070. The highest BCUT2D eigenvalue weighted by molar-refractivity contribution is 5.95. The van der Waals surface area contributed by atoms with Gasteiger partial charge in [-0.05, 0) is 23.8 Å². The van der Waals surface area contributed by atoms with E-state index in [1.165, 1.54) is 4.90 Å². The van der Waals surface area contributed by atoms with E-state index in [9.17, 15) is 18.4 Å². The molecule has 0 saturated carbocycles. The summed E-state index contributed by atoms with van der Waals surface area (Å²) in [5, 5.41) is 7.12. The molecule has 1 N–H and O–H groups in total. The third-order valence-electron chi connectivity index (χ3n) is 4.78. The van der Waals surface area contributed by atoms with Gasteiger partial charge in [-0.25, -0.2) is 8.78 Å². The molecule has 0 atom stereocenters. The van der Waals surface area contributed by atoms with Crippen LogP contribution >= 0.6 is 0 Å². The van der Waals surface area contributed by atoms with Crippen molar-refractivity contribution in [2.45, 2.75) is 19.6 Å². The smallest absolute Gasteiger partial charge is 0.272 e. The molecule has 2 aromatic carbocycles. The molecule has 0 unspecified atom stereocenters. The van der Waals surface area contributed by atoms with Crippen LogP contribution in [-0.4, -0.2) is 33.0 Å². The standard InChI is InChI=1S/C21H18F2N4O2/c22-15-6-7-17(18(23)10-15)21(29)26-8-9-27-16(13-26)11-19(25-27)20(28)24-12-14-4-2-1-3-5-14/h1-7,10-11H,8-9,12-13H2,(H,24,28). The quantitative estimate of drug-likeness (QED) is 0.738. The summed E-state index contributed by atoms with van der Waals surface area (Å²) >= 11 is 0. The Morgan fingerprint density at radius 1 is 1.03 bits per heavy atom. The number of nitrogens with one attached hydrogen (secondary N) is 1. The maximum atomic E-state index is 13.9. The van der Waals surface area contributed by atoms with Gasteiger partial charge in [0.15, 0.2) is 5.69 Å². The van der Waals surface area contributed by atoms with E-state index in [4.69, 9.17) is 0 Å². The van der Waals surface area contributed by atoms with Gasteiger partial charge in [0.1, 0.15) is 11.6 Å². The molecule has 0 bridgehead atoms. The first-order valence-corrected chi connectivity index (χ1v) is 9.14. The molecule has 29 heavy (non-hydrogen) atoms. The molecule has 2 heterocycles. The maximum Gasteiger partial charge on any atom is 0.272 e. The summed E-state index contributed by atoms with van der Waals surface area (Å²) in [6.07, 6.45) is 0. The van der Waals surface area contributed by atoms with Crippen molar-refractivity contribution in [1.29, 1.82) is 0 Å². The van der Waals surface area contributed by atoms with E-state index >= 15 is 0 Å². The van der Waals surface area contributed by atoms with Crippen LogP contribution in [0.4, 0.5) is 8.78 Å². The lowest BCUT2D eigenvalue weighted by Gasteiger charge is -2.27. The van der Waals surface area contributed by atoms with Crippen LogP contribution in [0.25, 0.3) is 0 Å². The number of hydrogen-bond donors (Lipinski definition) is 1. The van der Waals surface area contributed by atoms with Gasteiger partial charge in [-0.3, -0.25) is 14.3 Å². The van der Waals surface area contributed by atoms with Gasteiger partial charge in [0, 0.05) is 19.2 Å². The van der Waals surface area contributed by atoms with Crippen LogP contribution < -0.4 is 5.32 Å². The summed E-state index contributed by atoms with van der Waals surface area (Å²) in [6, 6.07) is 14.0. The van der Waals surface area contributed by atoms with Crippen LogP contribution in [0, 0.1) is 11.6 Å². The molecule has 0 fully saturated rings. The molecular weight excluding hydrogens is 378 g/mol. The second-order valence-electron chi connectivity index (χ2n) is 6.76. The fourth-order valence-electron chi connectivity index (χ4n) is 3.25. The van der Waals surface area contributed by atoms with E-state index < -0.39 is 17.5 Å². The fourth-order valence-corrected chi connectivity index (χ4v) is 3.25. The minimum absolute atomic E-state index is 0.180. The molecule has 1 aliphatic rings. The predicted octanol–water partition coefficient (Wildman–Crippen LogP) is 2.75. The molecule has 0 spiro atoms. The van der Waals surface area contributed by atoms with Gasteiger partial charge in [-0.2, -0.15) is 5.10 Å². The Morgan fingerprint density at radius 2 is 1.83 bits per heavy atom. The fraction of sp³-hybridized carbons (Fsp3) is 0.190. The zero-order valence-corrected chi connectivity index (χ0v) is 15.4. The minimum Gasteiger partial charge on any atom is -0.347 e. The third-order valence-corrected chi connectivity index (χ3v) is 4.78. The topological polar surface area (TPSA) is 67.2 Å². The zero-order chi connectivity index (χ0) is 20.4. The van der Waals surface area contributed by atoms with Crippen LogP contribution in [0.15, 0.2) is 54.6 Å². The monoisotopic (exact) mass is 396 g/mol.